The lowest BCUT2D eigenvalue weighted by atomic mass is 9.73. The molecule has 128 valence electrons. The molecule has 3 N–H and O–H groups in total. The summed E-state index contributed by atoms with van der Waals surface area (Å²) >= 11 is 0. The summed E-state index contributed by atoms with van der Waals surface area (Å²) in [7, 11) is 0. The van der Waals surface area contributed by atoms with E-state index in [1.165, 1.54) is 12.1 Å². The third-order valence-electron chi connectivity index (χ3n) is 4.92. The molecule has 2 aliphatic rings. The highest BCUT2D eigenvalue weighted by molar-refractivity contribution is 5.88. The fourth-order valence-corrected chi connectivity index (χ4v) is 3.33. The minimum absolute atomic E-state index is 0. The van der Waals surface area contributed by atoms with Gasteiger partial charge in [0.2, 0.25) is 5.91 Å². The molecular weight excluding hydrogens is 319 g/mol. The average Bonchev–Trinajstić information content (AvgIpc) is 3.38. The first-order valence-corrected chi connectivity index (χ1v) is 8.00. The van der Waals surface area contributed by atoms with Crippen LogP contribution in [0.4, 0.5) is 4.39 Å². The van der Waals surface area contributed by atoms with Gasteiger partial charge >= 0.3 is 0 Å². The lowest BCUT2D eigenvalue weighted by molar-refractivity contribution is -0.131. The monoisotopic (exact) mass is 342 g/mol. The van der Waals surface area contributed by atoms with Gasteiger partial charge in [0.05, 0.1) is 5.41 Å². The number of rotatable bonds is 5. The van der Waals surface area contributed by atoms with E-state index in [-0.39, 0.29) is 30.2 Å². The molecular formula is C17H24ClFN2O2. The van der Waals surface area contributed by atoms with Gasteiger partial charge in [-0.2, -0.15) is 0 Å². The molecule has 1 aromatic carbocycles. The Kier molecular flexibility index (Phi) is 6.00. The highest BCUT2D eigenvalue weighted by Gasteiger charge is 2.43. The van der Waals surface area contributed by atoms with Crippen LogP contribution >= 0.6 is 12.4 Å². The first-order valence-electron chi connectivity index (χ1n) is 8.00. The summed E-state index contributed by atoms with van der Waals surface area (Å²) < 4.78 is 19.1. The van der Waals surface area contributed by atoms with Gasteiger partial charge in [-0.3, -0.25) is 4.79 Å². The van der Waals surface area contributed by atoms with Crippen LogP contribution in [0.5, 0.6) is 0 Å². The van der Waals surface area contributed by atoms with Crippen LogP contribution in [0.25, 0.3) is 0 Å². The standard InChI is InChI=1S/C17H23FN2O2.ClH/c18-14-3-1-2-13(10-14)17(6-8-22-9-7-17)16(21)20-15(11-19)12-4-5-12;/h1-3,10,12,15H,4-9,11,19H2,(H,20,21);1H. The molecule has 23 heavy (non-hydrogen) atoms. The smallest absolute Gasteiger partial charge is 0.231 e. The maximum absolute atomic E-state index is 13.6. The molecule has 0 radical (unpaired) electrons. The fourth-order valence-electron chi connectivity index (χ4n) is 3.33. The molecule has 1 aliphatic heterocycles. The zero-order valence-corrected chi connectivity index (χ0v) is 13.9. The molecule has 1 amide bonds. The van der Waals surface area contributed by atoms with E-state index in [0.29, 0.717) is 38.5 Å². The number of benzene rings is 1. The largest absolute Gasteiger partial charge is 0.381 e. The Morgan fingerprint density at radius 1 is 1.39 bits per heavy atom. The molecule has 1 aliphatic carbocycles. The van der Waals surface area contributed by atoms with Gasteiger partial charge in [0.15, 0.2) is 0 Å². The Labute approximate surface area is 142 Å². The second-order valence-corrected chi connectivity index (χ2v) is 6.36. The van der Waals surface area contributed by atoms with Crippen molar-refractivity contribution in [2.24, 2.45) is 11.7 Å². The van der Waals surface area contributed by atoms with E-state index < -0.39 is 5.41 Å². The third-order valence-corrected chi connectivity index (χ3v) is 4.92. The van der Waals surface area contributed by atoms with Crippen molar-refractivity contribution in [3.05, 3.63) is 35.6 Å². The highest BCUT2D eigenvalue weighted by atomic mass is 35.5. The lowest BCUT2D eigenvalue weighted by Gasteiger charge is -2.37. The summed E-state index contributed by atoms with van der Waals surface area (Å²) in [5.74, 6) is 0.149. The van der Waals surface area contributed by atoms with Crippen LogP contribution < -0.4 is 11.1 Å². The molecule has 0 bridgehead atoms. The van der Waals surface area contributed by atoms with Crippen molar-refractivity contribution in [2.75, 3.05) is 19.8 Å². The summed E-state index contributed by atoms with van der Waals surface area (Å²) in [4.78, 5) is 13.0. The fraction of sp³-hybridized carbons (Fsp3) is 0.588. The summed E-state index contributed by atoms with van der Waals surface area (Å²) in [5, 5.41) is 3.12. The second-order valence-electron chi connectivity index (χ2n) is 6.36. The van der Waals surface area contributed by atoms with Crippen molar-refractivity contribution in [3.8, 4) is 0 Å². The number of ether oxygens (including phenoxy) is 1. The molecule has 4 nitrogen and oxygen atoms in total. The molecule has 1 heterocycles. The molecule has 0 spiro atoms. The van der Waals surface area contributed by atoms with E-state index in [1.807, 2.05) is 6.07 Å². The van der Waals surface area contributed by atoms with Crippen LogP contribution in [0.3, 0.4) is 0 Å². The quantitative estimate of drug-likeness (QED) is 0.861. The Morgan fingerprint density at radius 2 is 2.09 bits per heavy atom. The number of carbonyl (C=O) groups excluding carboxylic acids is 1. The van der Waals surface area contributed by atoms with Crippen LogP contribution in [0.15, 0.2) is 24.3 Å². The first kappa shape index (κ1) is 18.2. The first-order chi connectivity index (χ1) is 10.7. The maximum atomic E-state index is 13.6. The van der Waals surface area contributed by atoms with Gasteiger partial charge in [0, 0.05) is 25.8 Å². The highest BCUT2D eigenvalue weighted by Crippen LogP contribution is 2.37. The zero-order chi connectivity index (χ0) is 15.6. The van der Waals surface area contributed by atoms with Crippen molar-refractivity contribution in [1.82, 2.24) is 5.32 Å². The molecule has 1 atom stereocenters. The molecule has 0 aromatic heterocycles. The second kappa shape index (κ2) is 7.60. The maximum Gasteiger partial charge on any atom is 0.231 e. The normalized spacial score (nSPS) is 21.1. The number of hydrogen-bond donors (Lipinski definition) is 2. The summed E-state index contributed by atoms with van der Waals surface area (Å²) in [5.41, 5.74) is 5.83. The molecule has 1 saturated heterocycles. The molecule has 1 aromatic rings. The SMILES string of the molecule is Cl.NCC(NC(=O)C1(c2cccc(F)c2)CCOCC1)C1CC1. The van der Waals surface area contributed by atoms with Crippen LogP contribution in [-0.2, 0) is 14.9 Å². The Bertz CT molecular complexity index is 545. The Balaban J connectivity index is 0.00000192. The van der Waals surface area contributed by atoms with E-state index in [4.69, 9.17) is 10.5 Å². The predicted octanol–water partition coefficient (Wildman–Crippen LogP) is 2.15. The Morgan fingerprint density at radius 3 is 2.65 bits per heavy atom. The zero-order valence-electron chi connectivity index (χ0n) is 13.1. The van der Waals surface area contributed by atoms with E-state index in [9.17, 15) is 9.18 Å². The molecule has 1 unspecified atom stereocenters. The van der Waals surface area contributed by atoms with Crippen molar-refractivity contribution >= 4 is 18.3 Å². The number of nitrogens with one attached hydrogen (secondary N) is 1. The summed E-state index contributed by atoms with van der Waals surface area (Å²) in [6, 6.07) is 6.40. The summed E-state index contributed by atoms with van der Waals surface area (Å²) in [6.07, 6.45) is 3.39. The topological polar surface area (TPSA) is 64.3 Å². The van der Waals surface area contributed by atoms with Crippen molar-refractivity contribution in [1.29, 1.82) is 0 Å². The minimum atomic E-state index is -0.706. The number of carbonyl (C=O) groups is 1. The van der Waals surface area contributed by atoms with E-state index >= 15 is 0 Å². The van der Waals surface area contributed by atoms with E-state index in [0.717, 1.165) is 18.4 Å². The third kappa shape index (κ3) is 3.84. The van der Waals surface area contributed by atoms with Crippen LogP contribution in [0, 0.1) is 11.7 Å². The number of hydrogen-bond acceptors (Lipinski definition) is 3. The number of nitrogens with two attached hydrogens (primary N) is 1. The molecule has 1 saturated carbocycles. The Hall–Kier alpha value is -1.17. The number of halogens is 2. The van der Waals surface area contributed by atoms with Gasteiger partial charge in [-0.25, -0.2) is 4.39 Å². The van der Waals surface area contributed by atoms with Crippen LogP contribution in [-0.4, -0.2) is 31.7 Å². The van der Waals surface area contributed by atoms with Gasteiger partial charge in [-0.1, -0.05) is 12.1 Å². The van der Waals surface area contributed by atoms with Gasteiger partial charge in [0.25, 0.3) is 0 Å². The van der Waals surface area contributed by atoms with E-state index in [1.54, 1.807) is 6.07 Å². The average molecular weight is 343 g/mol. The van der Waals surface area contributed by atoms with Crippen LogP contribution in [0.1, 0.15) is 31.2 Å². The molecule has 6 heteroatoms. The van der Waals surface area contributed by atoms with Gasteiger partial charge in [-0.15, -0.1) is 12.4 Å². The lowest BCUT2D eigenvalue weighted by Crippen LogP contribution is -2.53. The van der Waals surface area contributed by atoms with Gasteiger partial charge in [0.1, 0.15) is 5.82 Å². The number of amides is 1. The van der Waals surface area contributed by atoms with Crippen molar-refractivity contribution in [3.63, 3.8) is 0 Å². The van der Waals surface area contributed by atoms with Gasteiger partial charge in [-0.05, 0) is 49.3 Å². The van der Waals surface area contributed by atoms with E-state index in [2.05, 4.69) is 5.32 Å². The minimum Gasteiger partial charge on any atom is -0.381 e. The van der Waals surface area contributed by atoms with Crippen LogP contribution in [0.2, 0.25) is 0 Å². The van der Waals surface area contributed by atoms with Crippen molar-refractivity contribution < 1.29 is 13.9 Å². The predicted molar refractivity (Wildman–Crippen MR) is 89.1 cm³/mol. The molecule has 2 fully saturated rings. The summed E-state index contributed by atoms with van der Waals surface area (Å²) in [6.45, 7) is 1.48. The molecule has 3 rings (SSSR count). The van der Waals surface area contributed by atoms with Gasteiger partial charge < -0.3 is 15.8 Å². The van der Waals surface area contributed by atoms with Crippen molar-refractivity contribution in [2.45, 2.75) is 37.1 Å².